The minimum atomic E-state index is -1.03. The Morgan fingerprint density at radius 3 is 2.17 bits per heavy atom. The fraction of sp³-hybridized carbons (Fsp3) is 0.286. The number of amides is 3. The van der Waals surface area contributed by atoms with E-state index in [0.717, 1.165) is 22.3 Å². The van der Waals surface area contributed by atoms with Crippen LogP contribution in [0.1, 0.15) is 54.6 Å². The zero-order valence-electron chi connectivity index (χ0n) is 25.1. The van der Waals surface area contributed by atoms with Gasteiger partial charge in [-0.1, -0.05) is 85.5 Å². The lowest BCUT2D eigenvalue weighted by molar-refractivity contribution is -0.140. The number of benzene rings is 3. The van der Waals surface area contributed by atoms with Crippen molar-refractivity contribution in [2.75, 3.05) is 11.9 Å². The van der Waals surface area contributed by atoms with Gasteiger partial charge in [0.15, 0.2) is 0 Å². The maximum atomic E-state index is 14.4. The van der Waals surface area contributed by atoms with Crippen LogP contribution in [0.5, 0.6) is 0 Å². The molecule has 0 saturated heterocycles. The lowest BCUT2D eigenvalue weighted by Crippen LogP contribution is -2.53. The molecule has 0 bridgehead atoms. The van der Waals surface area contributed by atoms with Crippen LogP contribution in [0.2, 0.25) is 0 Å². The van der Waals surface area contributed by atoms with Gasteiger partial charge in [0.2, 0.25) is 5.91 Å². The number of nitrogens with zero attached hydrogens (tertiary/aromatic N) is 1. The molecule has 0 aliphatic heterocycles. The Morgan fingerprint density at radius 2 is 1.57 bits per heavy atom. The molecule has 7 nitrogen and oxygen atoms in total. The summed E-state index contributed by atoms with van der Waals surface area (Å²) in [5, 5.41) is 5.83. The molecule has 7 heteroatoms. The first kappa shape index (κ1) is 31.9. The standard InChI is InChI=1S/C35H41N3O4/c1-8-21-38(33(40)29(23-27-17-11-10-12-18-27)36-34(41)42-35(5,6)7)31(28-20-14-19-26(9-2)22-28)32(39)37-30-24(3)15-13-16-25(30)4/h8-20,22,29,31H,1-2,21,23H2,3-7H3,(H,36,41)(H,37,39). The highest BCUT2D eigenvalue weighted by Crippen LogP contribution is 2.28. The van der Waals surface area contributed by atoms with Crippen LogP contribution >= 0.6 is 0 Å². The number of hydrogen-bond donors (Lipinski definition) is 2. The van der Waals surface area contributed by atoms with E-state index in [4.69, 9.17) is 4.74 Å². The molecule has 3 aromatic rings. The number of hydrogen-bond acceptors (Lipinski definition) is 4. The number of rotatable bonds is 11. The van der Waals surface area contributed by atoms with Crippen LogP contribution in [0.15, 0.2) is 92.0 Å². The van der Waals surface area contributed by atoms with E-state index >= 15 is 0 Å². The maximum Gasteiger partial charge on any atom is 0.408 e. The van der Waals surface area contributed by atoms with Crippen molar-refractivity contribution in [1.82, 2.24) is 10.2 Å². The van der Waals surface area contributed by atoms with Crippen LogP contribution < -0.4 is 10.6 Å². The molecule has 3 aromatic carbocycles. The largest absolute Gasteiger partial charge is 0.444 e. The molecule has 3 amide bonds. The van der Waals surface area contributed by atoms with Gasteiger partial charge in [-0.15, -0.1) is 6.58 Å². The van der Waals surface area contributed by atoms with Crippen molar-refractivity contribution < 1.29 is 19.1 Å². The Balaban J connectivity index is 2.09. The van der Waals surface area contributed by atoms with Gasteiger partial charge >= 0.3 is 6.09 Å². The minimum Gasteiger partial charge on any atom is -0.444 e. The van der Waals surface area contributed by atoms with E-state index in [1.54, 1.807) is 39.0 Å². The smallest absolute Gasteiger partial charge is 0.408 e. The van der Waals surface area contributed by atoms with E-state index < -0.39 is 29.7 Å². The third kappa shape index (κ3) is 8.67. The minimum absolute atomic E-state index is 0.0588. The molecule has 220 valence electrons. The molecule has 0 aliphatic rings. The van der Waals surface area contributed by atoms with E-state index in [2.05, 4.69) is 23.8 Å². The lowest BCUT2D eigenvalue weighted by Gasteiger charge is -2.34. The third-order valence-electron chi connectivity index (χ3n) is 6.63. The van der Waals surface area contributed by atoms with Crippen molar-refractivity contribution >= 4 is 29.7 Å². The van der Waals surface area contributed by atoms with Gasteiger partial charge in [0.05, 0.1) is 0 Å². The predicted molar refractivity (Wildman–Crippen MR) is 169 cm³/mol. The summed E-state index contributed by atoms with van der Waals surface area (Å²) in [6.07, 6.45) is 2.73. The SMILES string of the molecule is C=CCN(C(=O)C(Cc1ccccc1)NC(=O)OC(C)(C)C)C(C(=O)Nc1c(C)cccc1C)c1cccc(C=C)c1. The maximum absolute atomic E-state index is 14.4. The highest BCUT2D eigenvalue weighted by Gasteiger charge is 2.36. The number of nitrogens with one attached hydrogen (secondary N) is 2. The molecule has 0 fully saturated rings. The van der Waals surface area contributed by atoms with Crippen molar-refractivity contribution in [1.29, 1.82) is 0 Å². The number of para-hydroxylation sites is 1. The van der Waals surface area contributed by atoms with Crippen LogP contribution in [0.25, 0.3) is 6.08 Å². The Morgan fingerprint density at radius 1 is 0.929 bits per heavy atom. The molecule has 0 saturated carbocycles. The summed E-state index contributed by atoms with van der Waals surface area (Å²) in [6, 6.07) is 20.4. The van der Waals surface area contributed by atoms with Gasteiger partial charge in [0.25, 0.3) is 5.91 Å². The van der Waals surface area contributed by atoms with Gasteiger partial charge in [0, 0.05) is 18.7 Å². The van der Waals surface area contributed by atoms with E-state index in [-0.39, 0.29) is 18.9 Å². The highest BCUT2D eigenvalue weighted by atomic mass is 16.6. The average Bonchev–Trinajstić information content (AvgIpc) is 2.94. The Labute approximate surface area is 249 Å². The monoisotopic (exact) mass is 567 g/mol. The number of ether oxygens (including phenoxy) is 1. The number of aryl methyl sites for hydroxylation is 2. The molecule has 0 aliphatic carbocycles. The summed E-state index contributed by atoms with van der Waals surface area (Å²) < 4.78 is 5.49. The normalized spacial score (nSPS) is 12.4. The number of alkyl carbamates (subject to hydrolysis) is 1. The van der Waals surface area contributed by atoms with E-state index in [9.17, 15) is 14.4 Å². The Bertz CT molecular complexity index is 1410. The molecule has 2 atom stereocenters. The van der Waals surface area contributed by atoms with Crippen molar-refractivity contribution in [3.63, 3.8) is 0 Å². The molecule has 0 aromatic heterocycles. The summed E-state index contributed by atoms with van der Waals surface area (Å²) >= 11 is 0. The summed E-state index contributed by atoms with van der Waals surface area (Å²) in [5.74, 6) is -0.838. The second kappa shape index (κ2) is 14.3. The quantitative estimate of drug-likeness (QED) is 0.250. The first-order valence-electron chi connectivity index (χ1n) is 14.0. The predicted octanol–water partition coefficient (Wildman–Crippen LogP) is 6.78. The van der Waals surface area contributed by atoms with E-state index in [1.807, 2.05) is 80.6 Å². The lowest BCUT2D eigenvalue weighted by atomic mass is 9.98. The van der Waals surface area contributed by atoms with Gasteiger partial charge in [-0.25, -0.2) is 4.79 Å². The van der Waals surface area contributed by atoms with Gasteiger partial charge in [-0.3, -0.25) is 9.59 Å². The summed E-state index contributed by atoms with van der Waals surface area (Å²) in [7, 11) is 0. The number of anilines is 1. The van der Waals surface area contributed by atoms with Crippen LogP contribution in [-0.2, 0) is 20.7 Å². The summed E-state index contributed by atoms with van der Waals surface area (Å²) in [6.45, 7) is 16.9. The second-order valence-corrected chi connectivity index (χ2v) is 11.2. The summed E-state index contributed by atoms with van der Waals surface area (Å²) in [5.41, 5.74) is 3.97. The highest BCUT2D eigenvalue weighted by molar-refractivity contribution is 6.00. The first-order valence-corrected chi connectivity index (χ1v) is 14.0. The Hall–Kier alpha value is -4.65. The number of carbonyl (C=O) groups is 3. The molecular formula is C35H41N3O4. The van der Waals surface area contributed by atoms with Crippen molar-refractivity contribution in [2.24, 2.45) is 0 Å². The zero-order chi connectivity index (χ0) is 30.9. The molecule has 0 radical (unpaired) electrons. The van der Waals surface area contributed by atoms with E-state index in [1.165, 1.54) is 4.90 Å². The van der Waals surface area contributed by atoms with Crippen LogP contribution in [0.3, 0.4) is 0 Å². The van der Waals surface area contributed by atoms with Gasteiger partial charge in [-0.2, -0.15) is 0 Å². The third-order valence-corrected chi connectivity index (χ3v) is 6.63. The zero-order valence-corrected chi connectivity index (χ0v) is 25.1. The molecule has 0 heterocycles. The molecule has 42 heavy (non-hydrogen) atoms. The van der Waals surface area contributed by atoms with Crippen LogP contribution in [0.4, 0.5) is 10.5 Å². The molecule has 2 N–H and O–H groups in total. The molecule has 3 rings (SSSR count). The van der Waals surface area contributed by atoms with Gasteiger partial charge < -0.3 is 20.3 Å². The van der Waals surface area contributed by atoms with Crippen molar-refractivity contribution in [2.45, 2.75) is 58.7 Å². The van der Waals surface area contributed by atoms with Crippen molar-refractivity contribution in [3.05, 3.63) is 120 Å². The van der Waals surface area contributed by atoms with Gasteiger partial charge in [0.1, 0.15) is 17.7 Å². The van der Waals surface area contributed by atoms with Crippen molar-refractivity contribution in [3.8, 4) is 0 Å². The molecular weight excluding hydrogens is 526 g/mol. The fourth-order valence-corrected chi connectivity index (χ4v) is 4.69. The fourth-order valence-electron chi connectivity index (χ4n) is 4.69. The molecule has 2 unspecified atom stereocenters. The van der Waals surface area contributed by atoms with E-state index in [0.29, 0.717) is 11.3 Å². The second-order valence-electron chi connectivity index (χ2n) is 11.2. The topological polar surface area (TPSA) is 87.7 Å². The number of carbonyl (C=O) groups excluding carboxylic acids is 3. The van der Waals surface area contributed by atoms with Gasteiger partial charge in [-0.05, 0) is 68.5 Å². The Kier molecular flexibility index (Phi) is 10.9. The van der Waals surface area contributed by atoms with Crippen LogP contribution in [-0.4, -0.2) is 41.0 Å². The molecule has 0 spiro atoms. The first-order chi connectivity index (χ1) is 19.9. The van der Waals surface area contributed by atoms with Crippen LogP contribution in [0, 0.1) is 13.8 Å². The summed E-state index contributed by atoms with van der Waals surface area (Å²) in [4.78, 5) is 42.9. The average molecular weight is 568 g/mol.